The molecule has 1 aliphatic carbocycles. The van der Waals surface area contributed by atoms with Crippen molar-refractivity contribution in [1.82, 2.24) is 15.1 Å². The Balaban J connectivity index is 1.28. The van der Waals surface area contributed by atoms with Crippen LogP contribution in [0.4, 0.5) is 17.6 Å². The molecule has 2 saturated heterocycles. The number of amides is 1. The molecular weight excluding hydrogens is 350 g/mol. The fraction of sp³-hybridized carbons (Fsp3) is 0.611. The van der Waals surface area contributed by atoms with E-state index in [0.717, 1.165) is 38.3 Å². The molecule has 2 atom stereocenters. The van der Waals surface area contributed by atoms with E-state index in [1.165, 1.54) is 6.07 Å². The van der Waals surface area contributed by atoms with Crippen molar-refractivity contribution in [2.24, 2.45) is 17.8 Å². The van der Waals surface area contributed by atoms with Crippen molar-refractivity contribution in [3.05, 3.63) is 35.1 Å². The van der Waals surface area contributed by atoms with Crippen molar-refractivity contribution in [2.75, 3.05) is 33.2 Å². The van der Waals surface area contributed by atoms with Crippen molar-refractivity contribution in [2.45, 2.75) is 18.8 Å². The third-order valence-corrected chi connectivity index (χ3v) is 5.89. The van der Waals surface area contributed by atoms with Gasteiger partial charge < -0.3 is 10.2 Å². The fourth-order valence-electron chi connectivity index (χ4n) is 4.35. The lowest BCUT2D eigenvalue weighted by molar-refractivity contribution is -0.140. The van der Waals surface area contributed by atoms with E-state index in [2.05, 4.69) is 22.2 Å². The largest absolute Gasteiger partial charge is 0.419 e. The molecule has 0 aromatic heterocycles. The number of carbonyl (C=O) groups is 1. The van der Waals surface area contributed by atoms with Crippen molar-refractivity contribution in [3.63, 3.8) is 0 Å². The van der Waals surface area contributed by atoms with Gasteiger partial charge in [0.2, 0.25) is 5.91 Å². The second-order valence-electron chi connectivity index (χ2n) is 7.71. The second-order valence-corrected chi connectivity index (χ2v) is 7.71. The van der Waals surface area contributed by atoms with Crippen LogP contribution in [0, 0.1) is 23.6 Å². The number of likely N-dealkylation sites (tertiary alicyclic amines) is 2. The van der Waals surface area contributed by atoms with Gasteiger partial charge in [-0.25, -0.2) is 4.39 Å². The number of fused-ring (bicyclic) bond motifs is 1. The van der Waals surface area contributed by atoms with E-state index in [1.54, 1.807) is 0 Å². The van der Waals surface area contributed by atoms with Gasteiger partial charge in [-0.1, -0.05) is 6.07 Å². The summed E-state index contributed by atoms with van der Waals surface area (Å²) in [6, 6.07) is 3.42. The number of nitrogens with zero attached hydrogens (tertiary/aromatic N) is 2. The first-order valence-electron chi connectivity index (χ1n) is 8.80. The molecule has 1 amide bonds. The van der Waals surface area contributed by atoms with Crippen LogP contribution in [0.1, 0.15) is 11.1 Å². The third kappa shape index (κ3) is 3.20. The topological polar surface area (TPSA) is 35.6 Å². The molecule has 2 heterocycles. The van der Waals surface area contributed by atoms with E-state index in [1.807, 2.05) is 0 Å². The van der Waals surface area contributed by atoms with Crippen LogP contribution < -0.4 is 5.32 Å². The molecule has 4 rings (SSSR count). The summed E-state index contributed by atoms with van der Waals surface area (Å²) in [5.74, 6) is -0.722. The summed E-state index contributed by atoms with van der Waals surface area (Å²) in [5, 5.41) is 2.71. The van der Waals surface area contributed by atoms with E-state index < -0.39 is 17.6 Å². The van der Waals surface area contributed by atoms with Crippen molar-refractivity contribution in [3.8, 4) is 0 Å². The van der Waals surface area contributed by atoms with Gasteiger partial charge in [0.15, 0.2) is 0 Å². The maximum atomic E-state index is 13.3. The number of carbonyl (C=O) groups excluding carboxylic acids is 1. The molecule has 0 spiro atoms. The van der Waals surface area contributed by atoms with Crippen LogP contribution >= 0.6 is 0 Å². The summed E-state index contributed by atoms with van der Waals surface area (Å²) in [7, 11) is 2.09. The van der Waals surface area contributed by atoms with Crippen LogP contribution in [0.3, 0.4) is 0 Å². The predicted molar refractivity (Wildman–Crippen MR) is 86.6 cm³/mol. The Labute approximate surface area is 149 Å². The number of benzene rings is 1. The smallest absolute Gasteiger partial charge is 0.352 e. The standard InChI is InChI=1S/C18H21F4N3O/c1-24-6-11(7-24)25-8-12-13(9-25)16(12)17(26)23-5-10-2-3-15(19)14(4-10)18(20,21)22/h2-4,11-13,16H,5-9H2,1H3,(H,23,26). The molecule has 26 heavy (non-hydrogen) atoms. The number of likely N-dealkylation sites (N-methyl/N-ethyl adjacent to an activating group) is 1. The molecule has 1 saturated carbocycles. The van der Waals surface area contributed by atoms with Crippen molar-refractivity contribution < 1.29 is 22.4 Å². The predicted octanol–water partition coefficient (Wildman–Crippen LogP) is 1.95. The molecule has 142 valence electrons. The molecule has 3 aliphatic rings. The highest BCUT2D eigenvalue weighted by Crippen LogP contribution is 2.52. The highest BCUT2D eigenvalue weighted by molar-refractivity contribution is 5.82. The normalized spacial score (nSPS) is 29.3. The summed E-state index contributed by atoms with van der Waals surface area (Å²) in [4.78, 5) is 17.0. The summed E-state index contributed by atoms with van der Waals surface area (Å²) >= 11 is 0. The molecule has 2 aliphatic heterocycles. The number of hydrogen-bond donors (Lipinski definition) is 1. The van der Waals surface area contributed by atoms with Crippen LogP contribution in [0.2, 0.25) is 0 Å². The van der Waals surface area contributed by atoms with Gasteiger partial charge in [0.1, 0.15) is 5.82 Å². The van der Waals surface area contributed by atoms with Gasteiger partial charge in [0.25, 0.3) is 0 Å². The Kier molecular flexibility index (Phi) is 4.23. The number of piperidine rings is 1. The van der Waals surface area contributed by atoms with Gasteiger partial charge in [0.05, 0.1) is 5.56 Å². The van der Waals surface area contributed by atoms with Crippen LogP contribution in [0.25, 0.3) is 0 Å². The van der Waals surface area contributed by atoms with Crippen molar-refractivity contribution in [1.29, 1.82) is 0 Å². The lowest BCUT2D eigenvalue weighted by Crippen LogP contribution is -2.57. The van der Waals surface area contributed by atoms with Crippen molar-refractivity contribution >= 4 is 5.91 Å². The number of halogens is 4. The summed E-state index contributed by atoms with van der Waals surface area (Å²) in [6.45, 7) is 3.98. The molecule has 1 aromatic carbocycles. The van der Waals surface area contributed by atoms with Crippen LogP contribution in [0.5, 0.6) is 0 Å². The van der Waals surface area contributed by atoms with Gasteiger partial charge in [-0.05, 0) is 36.6 Å². The number of hydrogen-bond acceptors (Lipinski definition) is 3. The van der Waals surface area contributed by atoms with Gasteiger partial charge in [0, 0.05) is 44.7 Å². The molecule has 0 bridgehead atoms. The molecule has 1 aromatic rings. The second kappa shape index (κ2) is 6.20. The minimum Gasteiger partial charge on any atom is -0.352 e. The minimum atomic E-state index is -4.74. The molecule has 8 heteroatoms. The highest BCUT2D eigenvalue weighted by atomic mass is 19.4. The van der Waals surface area contributed by atoms with Gasteiger partial charge in [-0.3, -0.25) is 9.69 Å². The first-order valence-corrected chi connectivity index (χ1v) is 8.80. The summed E-state index contributed by atoms with van der Waals surface area (Å²) < 4.78 is 51.5. The Morgan fingerprint density at radius 3 is 2.42 bits per heavy atom. The molecule has 1 N–H and O–H groups in total. The molecule has 4 nitrogen and oxygen atoms in total. The zero-order chi connectivity index (χ0) is 18.6. The SMILES string of the molecule is CN1CC(N2CC3C(C2)C3C(=O)NCc2ccc(F)c(C(F)(F)F)c2)C1. The average Bonchev–Trinajstić information content (AvgIpc) is 3.04. The number of nitrogens with one attached hydrogen (secondary N) is 1. The maximum absolute atomic E-state index is 13.3. The van der Waals surface area contributed by atoms with E-state index in [0.29, 0.717) is 17.9 Å². The molecule has 3 fully saturated rings. The Morgan fingerprint density at radius 2 is 1.85 bits per heavy atom. The first-order chi connectivity index (χ1) is 12.2. The van der Waals surface area contributed by atoms with E-state index >= 15 is 0 Å². The Morgan fingerprint density at radius 1 is 1.19 bits per heavy atom. The van der Waals surface area contributed by atoms with Crippen LogP contribution in [-0.4, -0.2) is 55.0 Å². The zero-order valence-corrected chi connectivity index (χ0v) is 14.4. The highest BCUT2D eigenvalue weighted by Gasteiger charge is 2.60. The molecule has 0 radical (unpaired) electrons. The van der Waals surface area contributed by atoms with Crippen LogP contribution in [0.15, 0.2) is 18.2 Å². The quantitative estimate of drug-likeness (QED) is 0.822. The summed E-state index contributed by atoms with van der Waals surface area (Å²) in [6.07, 6.45) is -4.74. The molecule has 2 unspecified atom stereocenters. The van der Waals surface area contributed by atoms with E-state index in [9.17, 15) is 22.4 Å². The number of alkyl halides is 3. The van der Waals surface area contributed by atoms with E-state index in [4.69, 9.17) is 0 Å². The van der Waals surface area contributed by atoms with Gasteiger partial charge >= 0.3 is 6.18 Å². The third-order valence-electron chi connectivity index (χ3n) is 5.89. The lowest BCUT2D eigenvalue weighted by atomic mass is 10.1. The van der Waals surface area contributed by atoms with Gasteiger partial charge in [-0.2, -0.15) is 13.2 Å². The summed E-state index contributed by atoms with van der Waals surface area (Å²) in [5.41, 5.74) is -1.05. The Bertz CT molecular complexity index is 705. The zero-order valence-electron chi connectivity index (χ0n) is 14.4. The number of rotatable bonds is 4. The maximum Gasteiger partial charge on any atom is 0.419 e. The Hall–Kier alpha value is -1.67. The van der Waals surface area contributed by atoms with Gasteiger partial charge in [-0.15, -0.1) is 0 Å². The first kappa shape index (κ1) is 17.7. The molecular formula is C18H21F4N3O. The van der Waals surface area contributed by atoms with Crippen LogP contribution in [-0.2, 0) is 17.5 Å². The van der Waals surface area contributed by atoms with E-state index in [-0.39, 0.29) is 23.9 Å². The average molecular weight is 371 g/mol. The minimum absolute atomic E-state index is 0.0186. The fourth-order valence-corrected chi connectivity index (χ4v) is 4.35. The monoisotopic (exact) mass is 371 g/mol. The lowest BCUT2D eigenvalue weighted by Gasteiger charge is -2.42.